The highest BCUT2D eigenvalue weighted by Crippen LogP contribution is 2.52. The Hall–Kier alpha value is -3.55. The van der Waals surface area contributed by atoms with Gasteiger partial charge in [0, 0.05) is 24.3 Å². The molecule has 1 unspecified atom stereocenters. The largest absolute Gasteiger partial charge is 0.510 e. The molecule has 1 atom stereocenters. The topological polar surface area (TPSA) is 159 Å². The first-order chi connectivity index (χ1) is 11.2. The summed E-state index contributed by atoms with van der Waals surface area (Å²) in [6, 6.07) is 3.54. The number of Topliss-reactive ketones (excluding diaryl/α,β-unsaturated/α-hetero) is 1. The monoisotopic (exact) mass is 332 g/mol. The molecule has 124 valence electrons. The molecule has 0 amide bonds. The number of aliphatic hydroxyl groups excluding tert-OH is 1. The van der Waals surface area contributed by atoms with Gasteiger partial charge in [-0.1, -0.05) is 0 Å². The van der Waals surface area contributed by atoms with E-state index in [9.17, 15) is 40.5 Å². The summed E-state index contributed by atoms with van der Waals surface area (Å²) in [5, 5.41) is 67.9. The van der Waals surface area contributed by atoms with E-state index < -0.39 is 57.5 Å². The number of carbonyl (C=O) groups excluding carboxylic acids is 1. The summed E-state index contributed by atoms with van der Waals surface area (Å²) >= 11 is 0. The minimum atomic E-state index is -1.41. The van der Waals surface area contributed by atoms with Crippen molar-refractivity contribution in [2.24, 2.45) is 0 Å². The number of ketones is 1. The summed E-state index contributed by atoms with van der Waals surface area (Å²) < 4.78 is 0. The quantitative estimate of drug-likeness (QED) is 0.436. The van der Waals surface area contributed by atoms with Crippen LogP contribution in [0.25, 0.3) is 5.57 Å². The van der Waals surface area contributed by atoms with Gasteiger partial charge in [0.2, 0.25) is 0 Å². The number of aliphatic hydroxyl groups is 1. The van der Waals surface area contributed by atoms with Crippen LogP contribution < -0.4 is 0 Å². The number of benzene rings is 2. The molecule has 1 aliphatic rings. The maximum Gasteiger partial charge on any atom is 0.182 e. The molecule has 0 bridgehead atoms. The lowest BCUT2D eigenvalue weighted by Gasteiger charge is -2.29. The predicted octanol–water partition coefficient (Wildman–Crippen LogP) is 1.56. The fraction of sp³-hybridized carbons (Fsp3) is 0.0625. The van der Waals surface area contributed by atoms with Crippen LogP contribution >= 0.6 is 0 Å². The van der Waals surface area contributed by atoms with E-state index in [0.717, 1.165) is 24.3 Å². The number of carbonyl (C=O) groups is 1. The van der Waals surface area contributed by atoms with E-state index in [1.807, 2.05) is 0 Å². The van der Waals surface area contributed by atoms with Crippen molar-refractivity contribution in [1.82, 2.24) is 0 Å². The van der Waals surface area contributed by atoms with Crippen molar-refractivity contribution >= 4 is 11.4 Å². The van der Waals surface area contributed by atoms with Crippen molar-refractivity contribution in [3.8, 4) is 34.5 Å². The van der Waals surface area contributed by atoms with Gasteiger partial charge in [0.1, 0.15) is 46.2 Å². The Bertz CT molecular complexity index is 866. The molecule has 0 fully saturated rings. The Labute approximate surface area is 134 Å². The van der Waals surface area contributed by atoms with E-state index in [0.29, 0.717) is 0 Å². The van der Waals surface area contributed by atoms with Crippen molar-refractivity contribution in [3.63, 3.8) is 0 Å². The summed E-state index contributed by atoms with van der Waals surface area (Å²) in [6.07, 6.45) is 0. The predicted molar refractivity (Wildman–Crippen MR) is 80.2 cm³/mol. The number of allylic oxidation sites excluding steroid dienone is 2. The van der Waals surface area contributed by atoms with Crippen LogP contribution in [0.2, 0.25) is 0 Å². The Balaban J connectivity index is 2.15. The average molecular weight is 332 g/mol. The van der Waals surface area contributed by atoms with Crippen LogP contribution in [0.1, 0.15) is 17.0 Å². The average Bonchev–Trinajstić information content (AvgIpc) is 2.46. The summed E-state index contributed by atoms with van der Waals surface area (Å²) in [5.74, 6) is -6.10. The normalized spacial score (nSPS) is 17.0. The first kappa shape index (κ1) is 15.3. The fourth-order valence-corrected chi connectivity index (χ4v) is 2.74. The molecule has 24 heavy (non-hydrogen) atoms. The number of phenols is 6. The number of hydrogen-bond donors (Lipinski definition) is 7. The van der Waals surface area contributed by atoms with E-state index in [1.54, 1.807) is 0 Å². The maximum atomic E-state index is 12.4. The maximum absolute atomic E-state index is 12.4. The Morgan fingerprint density at radius 1 is 0.667 bits per heavy atom. The molecule has 8 nitrogen and oxygen atoms in total. The molecular weight excluding hydrogens is 320 g/mol. The zero-order chi connectivity index (χ0) is 17.8. The van der Waals surface area contributed by atoms with Crippen LogP contribution in [0.5, 0.6) is 34.5 Å². The van der Waals surface area contributed by atoms with Crippen molar-refractivity contribution in [3.05, 3.63) is 41.2 Å². The molecule has 3 rings (SSSR count). The van der Waals surface area contributed by atoms with Crippen molar-refractivity contribution in [1.29, 1.82) is 0 Å². The Morgan fingerprint density at radius 3 is 1.50 bits per heavy atom. The van der Waals surface area contributed by atoms with Gasteiger partial charge in [0.15, 0.2) is 5.78 Å². The molecule has 7 N–H and O–H groups in total. The summed E-state index contributed by atoms with van der Waals surface area (Å²) in [7, 11) is 0. The zero-order valence-corrected chi connectivity index (χ0v) is 11.9. The Morgan fingerprint density at radius 2 is 1.08 bits per heavy atom. The lowest BCUT2D eigenvalue weighted by atomic mass is 9.74. The first-order valence-electron chi connectivity index (χ1n) is 6.69. The molecule has 0 saturated carbocycles. The molecule has 0 radical (unpaired) electrons. The van der Waals surface area contributed by atoms with Gasteiger partial charge < -0.3 is 35.7 Å². The van der Waals surface area contributed by atoms with Gasteiger partial charge >= 0.3 is 0 Å². The van der Waals surface area contributed by atoms with Crippen LogP contribution in [-0.2, 0) is 4.79 Å². The molecule has 2 aromatic carbocycles. The second-order valence-electron chi connectivity index (χ2n) is 5.31. The van der Waals surface area contributed by atoms with Crippen LogP contribution in [0.15, 0.2) is 30.0 Å². The standard InChI is InChI=1S/C16H12O8/c17-5-1-7(19)11(8(20)2-5)13-15(23)14(16(13)24)12-9(21)3-6(18)4-10(12)22/h1-4,13,17-23H. The van der Waals surface area contributed by atoms with Crippen LogP contribution in [-0.4, -0.2) is 41.5 Å². The molecule has 0 aliphatic heterocycles. The van der Waals surface area contributed by atoms with Crippen LogP contribution in [0, 0.1) is 0 Å². The van der Waals surface area contributed by atoms with E-state index >= 15 is 0 Å². The summed E-state index contributed by atoms with van der Waals surface area (Å²) in [5.41, 5.74) is -1.08. The molecule has 0 aromatic heterocycles. The minimum absolute atomic E-state index is 0.309. The van der Waals surface area contributed by atoms with E-state index in [2.05, 4.69) is 0 Å². The number of rotatable bonds is 2. The molecule has 0 saturated heterocycles. The van der Waals surface area contributed by atoms with Crippen LogP contribution in [0.4, 0.5) is 0 Å². The molecule has 0 heterocycles. The van der Waals surface area contributed by atoms with Gasteiger partial charge in [-0.25, -0.2) is 0 Å². The third kappa shape index (κ3) is 2.04. The zero-order valence-electron chi connectivity index (χ0n) is 11.9. The van der Waals surface area contributed by atoms with Gasteiger partial charge in [-0.2, -0.15) is 0 Å². The number of hydrogen-bond acceptors (Lipinski definition) is 8. The Kier molecular flexibility index (Phi) is 3.19. The lowest BCUT2D eigenvalue weighted by Crippen LogP contribution is -2.28. The number of aromatic hydroxyl groups is 6. The van der Waals surface area contributed by atoms with Gasteiger partial charge in [-0.3, -0.25) is 4.79 Å². The number of phenolic OH excluding ortho intramolecular Hbond substituents is 6. The molecular formula is C16H12O8. The second-order valence-corrected chi connectivity index (χ2v) is 5.31. The highest BCUT2D eigenvalue weighted by atomic mass is 16.3. The van der Waals surface area contributed by atoms with Gasteiger partial charge in [-0.15, -0.1) is 0 Å². The molecule has 2 aromatic rings. The highest BCUT2D eigenvalue weighted by molar-refractivity contribution is 6.33. The summed E-state index contributed by atoms with van der Waals surface area (Å²) in [6.45, 7) is 0. The van der Waals surface area contributed by atoms with E-state index in [1.165, 1.54) is 0 Å². The third-order valence-electron chi connectivity index (χ3n) is 3.78. The summed E-state index contributed by atoms with van der Waals surface area (Å²) in [4.78, 5) is 12.4. The van der Waals surface area contributed by atoms with Gasteiger partial charge in [-0.05, 0) is 0 Å². The second kappa shape index (κ2) is 4.98. The van der Waals surface area contributed by atoms with Gasteiger partial charge in [0.05, 0.1) is 16.7 Å². The van der Waals surface area contributed by atoms with E-state index in [-0.39, 0.29) is 11.1 Å². The van der Waals surface area contributed by atoms with Crippen molar-refractivity contribution in [2.75, 3.05) is 0 Å². The van der Waals surface area contributed by atoms with Gasteiger partial charge in [0.25, 0.3) is 0 Å². The van der Waals surface area contributed by atoms with Crippen molar-refractivity contribution in [2.45, 2.75) is 5.92 Å². The lowest BCUT2D eigenvalue weighted by molar-refractivity contribution is -0.116. The first-order valence-corrected chi connectivity index (χ1v) is 6.69. The molecule has 1 aliphatic carbocycles. The van der Waals surface area contributed by atoms with Crippen LogP contribution in [0.3, 0.4) is 0 Å². The SMILES string of the molecule is O=C1C(c2c(O)cc(O)cc2O)=C(O)C1c1c(O)cc(O)cc1O. The molecule has 8 heteroatoms. The third-order valence-corrected chi connectivity index (χ3v) is 3.78. The minimum Gasteiger partial charge on any atom is -0.510 e. The molecule has 0 spiro atoms. The highest BCUT2D eigenvalue weighted by Gasteiger charge is 2.46. The fourth-order valence-electron chi connectivity index (χ4n) is 2.74. The van der Waals surface area contributed by atoms with E-state index in [4.69, 9.17) is 0 Å². The van der Waals surface area contributed by atoms with Crippen molar-refractivity contribution < 1.29 is 40.5 Å². The smallest absolute Gasteiger partial charge is 0.182 e.